The first-order chi connectivity index (χ1) is 13.1. The van der Waals surface area contributed by atoms with Crippen LogP contribution in [0.15, 0.2) is 29.3 Å². The molecule has 7 nitrogen and oxygen atoms in total. The second-order valence-corrected chi connectivity index (χ2v) is 6.61. The molecule has 1 aliphatic rings. The molecule has 2 rings (SSSR count). The summed E-state index contributed by atoms with van der Waals surface area (Å²) < 4.78 is 10.3. The number of ether oxygens (including phenoxy) is 2. The monoisotopic (exact) mass is 376 g/mol. The molecule has 1 aliphatic heterocycles. The topological polar surface area (TPSA) is 66.4 Å². The van der Waals surface area contributed by atoms with Gasteiger partial charge < -0.3 is 24.6 Å². The summed E-state index contributed by atoms with van der Waals surface area (Å²) in [7, 11) is 3.48. The SMILES string of the molecule is CCOC(=O)N1CCN(C(=NC)NCCC(C)c2ccc(OC)cc2)CC1. The molecule has 1 unspecified atom stereocenters. The molecule has 1 amide bonds. The third-order valence-electron chi connectivity index (χ3n) is 4.86. The van der Waals surface area contributed by atoms with E-state index in [0.717, 1.165) is 37.8 Å². The first-order valence-electron chi connectivity index (χ1n) is 9.60. The molecule has 1 aromatic rings. The third kappa shape index (κ3) is 6.05. The number of methoxy groups -OCH3 is 1. The Bertz CT molecular complexity index is 610. The summed E-state index contributed by atoms with van der Waals surface area (Å²) in [5.41, 5.74) is 1.30. The highest BCUT2D eigenvalue weighted by molar-refractivity contribution is 5.80. The van der Waals surface area contributed by atoms with Crippen LogP contribution in [0.5, 0.6) is 5.75 Å². The fraction of sp³-hybridized carbons (Fsp3) is 0.600. The van der Waals surface area contributed by atoms with Crippen molar-refractivity contribution in [1.29, 1.82) is 0 Å². The lowest BCUT2D eigenvalue weighted by molar-refractivity contribution is 0.0914. The quantitative estimate of drug-likeness (QED) is 0.610. The molecule has 1 heterocycles. The molecule has 1 atom stereocenters. The maximum atomic E-state index is 11.8. The fourth-order valence-electron chi connectivity index (χ4n) is 3.15. The van der Waals surface area contributed by atoms with Crippen molar-refractivity contribution in [2.75, 3.05) is 53.5 Å². The van der Waals surface area contributed by atoms with E-state index in [1.165, 1.54) is 5.56 Å². The van der Waals surface area contributed by atoms with Crippen LogP contribution < -0.4 is 10.1 Å². The number of guanidine groups is 1. The van der Waals surface area contributed by atoms with Crippen molar-refractivity contribution < 1.29 is 14.3 Å². The van der Waals surface area contributed by atoms with Crippen LogP contribution in [0, 0.1) is 0 Å². The molecule has 0 bridgehead atoms. The number of nitrogens with zero attached hydrogens (tertiary/aromatic N) is 3. The summed E-state index contributed by atoms with van der Waals surface area (Å²) in [5, 5.41) is 3.45. The lowest BCUT2D eigenvalue weighted by Gasteiger charge is -2.36. The minimum atomic E-state index is -0.228. The zero-order valence-corrected chi connectivity index (χ0v) is 16.9. The standard InChI is InChI=1S/C20H32N4O3/c1-5-27-20(25)24-14-12-23(13-15-24)19(21-3)22-11-10-16(2)17-6-8-18(26-4)9-7-17/h6-9,16H,5,10-15H2,1-4H3,(H,21,22). The van der Waals surface area contributed by atoms with E-state index < -0.39 is 0 Å². The Hall–Kier alpha value is -2.44. The van der Waals surface area contributed by atoms with Gasteiger partial charge in [0.1, 0.15) is 5.75 Å². The van der Waals surface area contributed by atoms with E-state index in [9.17, 15) is 4.79 Å². The fourth-order valence-corrected chi connectivity index (χ4v) is 3.15. The molecule has 1 fully saturated rings. The number of rotatable bonds is 6. The van der Waals surface area contributed by atoms with Crippen molar-refractivity contribution >= 4 is 12.1 Å². The lowest BCUT2D eigenvalue weighted by atomic mass is 9.98. The van der Waals surface area contributed by atoms with Gasteiger partial charge in [-0.1, -0.05) is 19.1 Å². The second-order valence-electron chi connectivity index (χ2n) is 6.61. The molecule has 0 spiro atoms. The van der Waals surface area contributed by atoms with Gasteiger partial charge in [0.25, 0.3) is 0 Å². The molecular weight excluding hydrogens is 344 g/mol. The average molecular weight is 377 g/mol. The van der Waals surface area contributed by atoms with Gasteiger partial charge in [0.15, 0.2) is 5.96 Å². The Morgan fingerprint density at radius 2 is 1.81 bits per heavy atom. The summed E-state index contributed by atoms with van der Waals surface area (Å²) in [6.07, 6.45) is 0.780. The molecule has 0 aromatic heterocycles. The third-order valence-corrected chi connectivity index (χ3v) is 4.86. The van der Waals surface area contributed by atoms with Crippen molar-refractivity contribution in [3.05, 3.63) is 29.8 Å². The average Bonchev–Trinajstić information content (AvgIpc) is 2.71. The molecular formula is C20H32N4O3. The maximum Gasteiger partial charge on any atom is 0.409 e. The zero-order valence-electron chi connectivity index (χ0n) is 16.9. The van der Waals surface area contributed by atoms with Gasteiger partial charge in [-0.2, -0.15) is 0 Å². The largest absolute Gasteiger partial charge is 0.497 e. The van der Waals surface area contributed by atoms with Gasteiger partial charge in [-0.05, 0) is 37.0 Å². The van der Waals surface area contributed by atoms with Gasteiger partial charge in [0.2, 0.25) is 0 Å². The smallest absolute Gasteiger partial charge is 0.409 e. The molecule has 1 saturated heterocycles. The number of carbonyl (C=O) groups is 1. The Morgan fingerprint density at radius 1 is 1.19 bits per heavy atom. The second kappa shape index (κ2) is 10.6. The summed E-state index contributed by atoms with van der Waals surface area (Å²) in [6.45, 7) is 8.13. The van der Waals surface area contributed by atoms with Crippen LogP contribution in [-0.2, 0) is 4.74 Å². The number of nitrogens with one attached hydrogen (secondary N) is 1. The van der Waals surface area contributed by atoms with Crippen molar-refractivity contribution in [1.82, 2.24) is 15.1 Å². The van der Waals surface area contributed by atoms with Crippen LogP contribution >= 0.6 is 0 Å². The van der Waals surface area contributed by atoms with Gasteiger partial charge in [0.05, 0.1) is 13.7 Å². The van der Waals surface area contributed by atoms with Gasteiger partial charge in [-0.3, -0.25) is 4.99 Å². The Balaban J connectivity index is 1.76. The number of amides is 1. The van der Waals surface area contributed by atoms with Crippen LogP contribution in [0.25, 0.3) is 0 Å². The lowest BCUT2D eigenvalue weighted by Crippen LogP contribution is -2.54. The number of piperazine rings is 1. The van der Waals surface area contributed by atoms with E-state index in [1.54, 1.807) is 19.1 Å². The minimum Gasteiger partial charge on any atom is -0.497 e. The highest BCUT2D eigenvalue weighted by Crippen LogP contribution is 2.21. The number of hydrogen-bond donors (Lipinski definition) is 1. The Kier molecular flexibility index (Phi) is 8.23. The van der Waals surface area contributed by atoms with Crippen LogP contribution in [0.2, 0.25) is 0 Å². The van der Waals surface area contributed by atoms with E-state index in [4.69, 9.17) is 9.47 Å². The van der Waals surface area contributed by atoms with E-state index in [0.29, 0.717) is 25.6 Å². The summed E-state index contributed by atoms with van der Waals surface area (Å²) in [6, 6.07) is 8.24. The van der Waals surface area contributed by atoms with Crippen molar-refractivity contribution in [3.8, 4) is 5.75 Å². The zero-order chi connectivity index (χ0) is 19.6. The number of carbonyl (C=O) groups excluding carboxylic acids is 1. The highest BCUT2D eigenvalue weighted by Gasteiger charge is 2.23. The van der Waals surface area contributed by atoms with Crippen molar-refractivity contribution in [2.24, 2.45) is 4.99 Å². The van der Waals surface area contributed by atoms with Crippen LogP contribution in [-0.4, -0.2) is 75.3 Å². The van der Waals surface area contributed by atoms with Crippen LogP contribution in [0.4, 0.5) is 4.79 Å². The Labute approximate surface area is 162 Å². The number of aliphatic imine (C=N–C) groups is 1. The Morgan fingerprint density at radius 3 is 2.37 bits per heavy atom. The van der Waals surface area contributed by atoms with Gasteiger partial charge in [-0.25, -0.2) is 4.79 Å². The normalized spacial score (nSPS) is 16.1. The number of hydrogen-bond acceptors (Lipinski definition) is 4. The summed E-state index contributed by atoms with van der Waals surface area (Å²) >= 11 is 0. The van der Waals surface area contributed by atoms with Gasteiger partial charge in [-0.15, -0.1) is 0 Å². The highest BCUT2D eigenvalue weighted by atomic mass is 16.6. The molecule has 7 heteroatoms. The predicted octanol–water partition coefficient (Wildman–Crippen LogP) is 2.54. The molecule has 1 aromatic carbocycles. The minimum absolute atomic E-state index is 0.228. The first-order valence-corrected chi connectivity index (χ1v) is 9.60. The van der Waals surface area contributed by atoms with E-state index in [1.807, 2.05) is 19.1 Å². The number of benzene rings is 1. The van der Waals surface area contributed by atoms with Crippen molar-refractivity contribution in [3.63, 3.8) is 0 Å². The summed E-state index contributed by atoms with van der Waals surface area (Å²) in [5.74, 6) is 2.22. The predicted molar refractivity (Wildman–Crippen MR) is 108 cm³/mol. The first kappa shape index (κ1) is 20.9. The van der Waals surface area contributed by atoms with E-state index >= 15 is 0 Å². The molecule has 27 heavy (non-hydrogen) atoms. The van der Waals surface area contributed by atoms with E-state index in [2.05, 4.69) is 34.3 Å². The molecule has 1 N–H and O–H groups in total. The maximum absolute atomic E-state index is 11.8. The van der Waals surface area contributed by atoms with Crippen LogP contribution in [0.3, 0.4) is 0 Å². The van der Waals surface area contributed by atoms with Crippen LogP contribution in [0.1, 0.15) is 31.7 Å². The summed E-state index contributed by atoms with van der Waals surface area (Å²) in [4.78, 5) is 20.1. The molecule has 0 aliphatic carbocycles. The molecule has 0 saturated carbocycles. The molecule has 150 valence electrons. The molecule has 0 radical (unpaired) electrons. The van der Waals surface area contributed by atoms with Crippen molar-refractivity contribution in [2.45, 2.75) is 26.2 Å². The van der Waals surface area contributed by atoms with Gasteiger partial charge in [0, 0.05) is 39.8 Å². The van der Waals surface area contributed by atoms with Gasteiger partial charge >= 0.3 is 6.09 Å². The van der Waals surface area contributed by atoms with E-state index in [-0.39, 0.29) is 6.09 Å².